The Morgan fingerprint density at radius 1 is 1.29 bits per heavy atom. The Balaban J connectivity index is 1.70. The number of nitrogens with zero attached hydrogens (tertiary/aromatic N) is 6. The van der Waals surface area contributed by atoms with E-state index in [0.29, 0.717) is 24.5 Å². The lowest BCUT2D eigenvalue weighted by atomic mass is 10.2. The van der Waals surface area contributed by atoms with E-state index in [9.17, 15) is 23.2 Å². The van der Waals surface area contributed by atoms with E-state index in [4.69, 9.17) is 4.74 Å². The number of hydrogen-bond donors (Lipinski definition) is 1. The van der Waals surface area contributed by atoms with Gasteiger partial charge in [-0.05, 0) is 12.1 Å². The van der Waals surface area contributed by atoms with Gasteiger partial charge in [0.05, 0.1) is 36.3 Å². The van der Waals surface area contributed by atoms with Gasteiger partial charge in [-0.1, -0.05) is 0 Å². The summed E-state index contributed by atoms with van der Waals surface area (Å²) in [6, 6.07) is 7.23. The number of piperazine rings is 1. The molecule has 4 rings (SSSR count). The number of anilines is 1. The summed E-state index contributed by atoms with van der Waals surface area (Å²) in [5, 5.41) is 19.9. The minimum Gasteiger partial charge on any atom is -0.437 e. The number of carbonyl (C=O) groups excluding carboxylic acids is 1. The standard InChI is InChI=1S/C19H16F3N7O2/c1-27-18(7-16(26-27)19(20,21)22)31-15-6-12(8-23)2-3-14(15)29-11-13(9-25-29)28-5-4-24-10-17(28)30/h2-3,6-7,9,11,24H,4-5,10H2,1H3. The first-order valence-corrected chi connectivity index (χ1v) is 9.15. The molecule has 1 N–H and O–H groups in total. The average molecular weight is 431 g/mol. The molecule has 1 amide bonds. The SMILES string of the molecule is Cn1nc(C(F)(F)F)cc1Oc1cc(C#N)ccc1-n1cc(N2CCNCC2=O)cn1. The molecular formula is C19H16F3N7O2. The Morgan fingerprint density at radius 3 is 2.77 bits per heavy atom. The van der Waals surface area contributed by atoms with Crippen LogP contribution in [-0.2, 0) is 18.0 Å². The Kier molecular flexibility index (Phi) is 5.12. The lowest BCUT2D eigenvalue weighted by Crippen LogP contribution is -2.48. The van der Waals surface area contributed by atoms with Gasteiger partial charge in [-0.15, -0.1) is 0 Å². The fourth-order valence-electron chi connectivity index (χ4n) is 3.12. The van der Waals surface area contributed by atoms with Crippen LogP contribution in [-0.4, -0.2) is 45.1 Å². The third-order valence-corrected chi connectivity index (χ3v) is 4.65. The number of carbonyl (C=O) groups is 1. The van der Waals surface area contributed by atoms with Crippen LogP contribution in [0.15, 0.2) is 36.7 Å². The number of halogens is 3. The molecule has 1 aliphatic rings. The molecule has 2 aromatic heterocycles. The zero-order chi connectivity index (χ0) is 22.2. The predicted octanol–water partition coefficient (Wildman–Crippen LogP) is 2.22. The van der Waals surface area contributed by atoms with Gasteiger partial charge < -0.3 is 15.0 Å². The summed E-state index contributed by atoms with van der Waals surface area (Å²) >= 11 is 0. The van der Waals surface area contributed by atoms with Gasteiger partial charge >= 0.3 is 6.18 Å². The van der Waals surface area contributed by atoms with Crippen molar-refractivity contribution >= 4 is 11.6 Å². The molecule has 1 aromatic carbocycles. The second kappa shape index (κ2) is 7.77. The normalized spacial score (nSPS) is 14.5. The molecule has 1 aliphatic heterocycles. The molecule has 9 nitrogen and oxygen atoms in total. The minimum atomic E-state index is -4.62. The van der Waals surface area contributed by atoms with E-state index < -0.39 is 11.9 Å². The topological polar surface area (TPSA) is 101 Å². The molecular weight excluding hydrogens is 415 g/mol. The molecule has 31 heavy (non-hydrogen) atoms. The van der Waals surface area contributed by atoms with Crippen LogP contribution in [0.5, 0.6) is 11.6 Å². The lowest BCUT2D eigenvalue weighted by Gasteiger charge is -2.25. The van der Waals surface area contributed by atoms with Crippen molar-refractivity contribution in [1.29, 1.82) is 5.26 Å². The fourth-order valence-corrected chi connectivity index (χ4v) is 3.12. The van der Waals surface area contributed by atoms with Gasteiger partial charge in [0.2, 0.25) is 11.8 Å². The molecule has 0 aliphatic carbocycles. The van der Waals surface area contributed by atoms with E-state index in [1.165, 1.54) is 30.1 Å². The first-order chi connectivity index (χ1) is 14.8. The summed E-state index contributed by atoms with van der Waals surface area (Å²) in [6.07, 6.45) is -1.50. The summed E-state index contributed by atoms with van der Waals surface area (Å²) in [4.78, 5) is 13.7. The van der Waals surface area contributed by atoms with Gasteiger partial charge in [0.25, 0.3) is 0 Å². The van der Waals surface area contributed by atoms with Crippen LogP contribution in [0.2, 0.25) is 0 Å². The predicted molar refractivity (Wildman–Crippen MR) is 102 cm³/mol. The molecule has 0 radical (unpaired) electrons. The lowest BCUT2D eigenvalue weighted by molar-refractivity contribution is -0.141. The fraction of sp³-hybridized carbons (Fsp3) is 0.263. The number of benzene rings is 1. The van der Waals surface area contributed by atoms with Crippen molar-refractivity contribution in [3.8, 4) is 23.4 Å². The van der Waals surface area contributed by atoms with Gasteiger partial charge in [0, 0.05) is 32.3 Å². The van der Waals surface area contributed by atoms with E-state index >= 15 is 0 Å². The van der Waals surface area contributed by atoms with Crippen molar-refractivity contribution in [3.63, 3.8) is 0 Å². The number of alkyl halides is 3. The van der Waals surface area contributed by atoms with E-state index in [2.05, 4.69) is 15.5 Å². The van der Waals surface area contributed by atoms with Crippen LogP contribution >= 0.6 is 0 Å². The Bertz CT molecular complexity index is 1180. The molecule has 12 heteroatoms. The summed E-state index contributed by atoms with van der Waals surface area (Å²) < 4.78 is 47.0. The van der Waals surface area contributed by atoms with Crippen LogP contribution < -0.4 is 15.0 Å². The number of hydrogen-bond acceptors (Lipinski definition) is 6. The van der Waals surface area contributed by atoms with E-state index in [1.54, 1.807) is 17.2 Å². The quantitative estimate of drug-likeness (QED) is 0.680. The summed E-state index contributed by atoms with van der Waals surface area (Å²) in [5.41, 5.74) is 0.104. The molecule has 1 saturated heterocycles. The van der Waals surface area contributed by atoms with Crippen LogP contribution in [0.25, 0.3) is 5.69 Å². The highest BCUT2D eigenvalue weighted by Crippen LogP contribution is 2.34. The number of nitriles is 1. The monoisotopic (exact) mass is 431 g/mol. The molecule has 0 unspecified atom stereocenters. The molecule has 160 valence electrons. The zero-order valence-electron chi connectivity index (χ0n) is 16.2. The molecule has 0 spiro atoms. The first-order valence-electron chi connectivity index (χ1n) is 9.15. The molecule has 1 fully saturated rings. The number of ether oxygens (including phenoxy) is 1. The first kappa shape index (κ1) is 20.4. The largest absolute Gasteiger partial charge is 0.437 e. The van der Waals surface area contributed by atoms with Crippen molar-refractivity contribution in [2.24, 2.45) is 7.05 Å². The second-order valence-electron chi connectivity index (χ2n) is 6.75. The Morgan fingerprint density at radius 2 is 2.10 bits per heavy atom. The molecule has 0 bridgehead atoms. The average Bonchev–Trinajstić information content (AvgIpc) is 3.35. The maximum atomic E-state index is 13.0. The minimum absolute atomic E-state index is 0.100. The van der Waals surface area contributed by atoms with Crippen LogP contribution in [0.1, 0.15) is 11.3 Å². The number of rotatable bonds is 4. The van der Waals surface area contributed by atoms with E-state index in [1.807, 2.05) is 6.07 Å². The maximum absolute atomic E-state index is 13.0. The third kappa shape index (κ3) is 4.08. The van der Waals surface area contributed by atoms with Gasteiger partial charge in [-0.3, -0.25) is 4.79 Å². The number of nitrogens with one attached hydrogen (secondary N) is 1. The highest BCUT2D eigenvalue weighted by atomic mass is 19.4. The van der Waals surface area contributed by atoms with Gasteiger partial charge in [0.1, 0.15) is 5.69 Å². The van der Waals surface area contributed by atoms with Crippen molar-refractivity contribution in [2.75, 3.05) is 24.5 Å². The smallest absolute Gasteiger partial charge is 0.435 e. The highest BCUT2D eigenvalue weighted by molar-refractivity contribution is 5.95. The van der Waals surface area contributed by atoms with Crippen molar-refractivity contribution in [2.45, 2.75) is 6.18 Å². The van der Waals surface area contributed by atoms with Crippen LogP contribution in [0.3, 0.4) is 0 Å². The molecule has 3 heterocycles. The van der Waals surface area contributed by atoms with Crippen LogP contribution in [0.4, 0.5) is 18.9 Å². The summed E-state index contributed by atoms with van der Waals surface area (Å²) in [5.74, 6) is -0.151. The highest BCUT2D eigenvalue weighted by Gasteiger charge is 2.35. The van der Waals surface area contributed by atoms with Crippen molar-refractivity contribution < 1.29 is 22.7 Å². The Hall–Kier alpha value is -3.85. The van der Waals surface area contributed by atoms with E-state index in [0.717, 1.165) is 10.7 Å². The molecule has 3 aromatic rings. The van der Waals surface area contributed by atoms with Crippen molar-refractivity contribution in [3.05, 3.63) is 47.9 Å². The number of amides is 1. The van der Waals surface area contributed by atoms with Gasteiger partial charge in [0.15, 0.2) is 11.4 Å². The maximum Gasteiger partial charge on any atom is 0.435 e. The Labute approximate surface area is 174 Å². The van der Waals surface area contributed by atoms with Crippen molar-refractivity contribution in [1.82, 2.24) is 24.9 Å². The second-order valence-corrected chi connectivity index (χ2v) is 6.75. The molecule has 0 atom stereocenters. The van der Waals surface area contributed by atoms with Gasteiger partial charge in [-0.2, -0.15) is 28.6 Å². The zero-order valence-corrected chi connectivity index (χ0v) is 16.2. The van der Waals surface area contributed by atoms with Crippen LogP contribution in [0, 0.1) is 11.3 Å². The number of aromatic nitrogens is 4. The summed E-state index contributed by atoms with van der Waals surface area (Å²) in [6.45, 7) is 1.35. The van der Waals surface area contributed by atoms with E-state index in [-0.39, 0.29) is 29.6 Å². The third-order valence-electron chi connectivity index (χ3n) is 4.65. The molecule has 0 saturated carbocycles. The summed E-state index contributed by atoms with van der Waals surface area (Å²) in [7, 11) is 1.32. The van der Waals surface area contributed by atoms with Gasteiger partial charge in [-0.25, -0.2) is 9.36 Å². The number of aryl methyl sites for hydroxylation is 1.